The molecule has 1 aromatic heterocycles. The Morgan fingerprint density at radius 3 is 3.00 bits per heavy atom. The normalized spacial score (nSPS) is 18.2. The number of hydrogen-bond donors (Lipinski definition) is 2. The second kappa shape index (κ2) is 6.36. The first kappa shape index (κ1) is 14.3. The molecule has 0 spiro atoms. The standard InChI is InChI=1S/C12H19N5O3/c1-16-8-14-10(15-16)2-4-13-12(20)17-5-3-9(7-17)6-11(18)19/h8-9H,2-7H2,1H3,(H,13,20)(H,18,19). The van der Waals surface area contributed by atoms with Crippen LogP contribution in [0.5, 0.6) is 0 Å². The van der Waals surface area contributed by atoms with Crippen LogP contribution in [0.2, 0.25) is 0 Å². The van der Waals surface area contributed by atoms with Crippen molar-refractivity contribution < 1.29 is 14.7 Å². The van der Waals surface area contributed by atoms with Gasteiger partial charge in [-0.3, -0.25) is 9.48 Å². The Morgan fingerprint density at radius 1 is 1.55 bits per heavy atom. The molecule has 0 saturated carbocycles. The van der Waals surface area contributed by atoms with Crippen molar-refractivity contribution in [3.63, 3.8) is 0 Å². The Kier molecular flexibility index (Phi) is 4.54. The summed E-state index contributed by atoms with van der Waals surface area (Å²) in [5, 5.41) is 15.7. The molecular weight excluding hydrogens is 262 g/mol. The van der Waals surface area contributed by atoms with Crippen LogP contribution < -0.4 is 5.32 Å². The number of urea groups is 1. The highest BCUT2D eigenvalue weighted by Gasteiger charge is 2.27. The molecule has 1 aliphatic rings. The lowest BCUT2D eigenvalue weighted by Crippen LogP contribution is -2.39. The van der Waals surface area contributed by atoms with Gasteiger partial charge in [-0.2, -0.15) is 5.10 Å². The zero-order valence-electron chi connectivity index (χ0n) is 11.4. The summed E-state index contributed by atoms with van der Waals surface area (Å²) in [6.07, 6.45) is 3.08. The number of aromatic nitrogens is 3. The Bertz CT molecular complexity index is 487. The number of aryl methyl sites for hydroxylation is 1. The summed E-state index contributed by atoms with van der Waals surface area (Å²) < 4.78 is 1.62. The minimum atomic E-state index is -0.807. The van der Waals surface area contributed by atoms with Crippen molar-refractivity contribution >= 4 is 12.0 Å². The number of carbonyl (C=O) groups excluding carboxylic acids is 1. The molecule has 2 N–H and O–H groups in total. The van der Waals surface area contributed by atoms with Gasteiger partial charge in [0, 0.05) is 39.5 Å². The van der Waals surface area contributed by atoms with Crippen LogP contribution in [0.3, 0.4) is 0 Å². The molecule has 2 rings (SSSR count). The van der Waals surface area contributed by atoms with Crippen LogP contribution in [0.1, 0.15) is 18.7 Å². The van der Waals surface area contributed by atoms with Gasteiger partial charge in [-0.1, -0.05) is 0 Å². The van der Waals surface area contributed by atoms with Crippen LogP contribution >= 0.6 is 0 Å². The topological polar surface area (TPSA) is 100 Å². The third kappa shape index (κ3) is 3.94. The van der Waals surface area contributed by atoms with Crippen molar-refractivity contribution in [2.75, 3.05) is 19.6 Å². The average Bonchev–Trinajstić information content (AvgIpc) is 2.98. The number of nitrogens with zero attached hydrogens (tertiary/aromatic N) is 4. The van der Waals surface area contributed by atoms with Gasteiger partial charge < -0.3 is 15.3 Å². The molecule has 1 fully saturated rings. The zero-order valence-corrected chi connectivity index (χ0v) is 11.4. The summed E-state index contributed by atoms with van der Waals surface area (Å²) in [6.45, 7) is 1.61. The molecule has 1 atom stereocenters. The van der Waals surface area contributed by atoms with E-state index in [9.17, 15) is 9.59 Å². The maximum Gasteiger partial charge on any atom is 0.317 e. The van der Waals surface area contributed by atoms with Crippen molar-refractivity contribution in [2.24, 2.45) is 13.0 Å². The molecule has 0 radical (unpaired) electrons. The Labute approximate surface area is 116 Å². The number of rotatable bonds is 5. The summed E-state index contributed by atoms with van der Waals surface area (Å²) in [4.78, 5) is 28.3. The largest absolute Gasteiger partial charge is 0.481 e. The van der Waals surface area contributed by atoms with E-state index in [1.54, 1.807) is 23.0 Å². The fraction of sp³-hybridized carbons (Fsp3) is 0.667. The number of carboxylic acid groups (broad SMARTS) is 1. The molecule has 0 aromatic carbocycles. The minimum absolute atomic E-state index is 0.0655. The summed E-state index contributed by atoms with van der Waals surface area (Å²) >= 11 is 0. The van der Waals surface area contributed by atoms with E-state index in [0.717, 1.165) is 6.42 Å². The van der Waals surface area contributed by atoms with Gasteiger partial charge in [0.2, 0.25) is 0 Å². The van der Waals surface area contributed by atoms with Gasteiger partial charge in [0.05, 0.1) is 0 Å². The van der Waals surface area contributed by atoms with Crippen LogP contribution in [-0.4, -0.2) is 56.4 Å². The molecule has 110 valence electrons. The molecule has 1 saturated heterocycles. The van der Waals surface area contributed by atoms with E-state index in [1.165, 1.54) is 0 Å². The predicted octanol–water partition coefficient (Wildman–Crippen LogP) is -0.136. The highest BCUT2D eigenvalue weighted by Crippen LogP contribution is 2.19. The lowest BCUT2D eigenvalue weighted by Gasteiger charge is -2.16. The van der Waals surface area contributed by atoms with Crippen LogP contribution in [0.25, 0.3) is 0 Å². The van der Waals surface area contributed by atoms with Gasteiger partial charge in [0.1, 0.15) is 6.33 Å². The molecule has 8 heteroatoms. The number of likely N-dealkylation sites (tertiary alicyclic amines) is 1. The fourth-order valence-electron chi connectivity index (χ4n) is 2.32. The highest BCUT2D eigenvalue weighted by molar-refractivity contribution is 5.74. The number of aliphatic carboxylic acids is 1. The number of carboxylic acids is 1. The van der Waals surface area contributed by atoms with Gasteiger partial charge in [0.15, 0.2) is 5.82 Å². The molecule has 1 unspecified atom stereocenters. The van der Waals surface area contributed by atoms with E-state index in [2.05, 4.69) is 15.4 Å². The van der Waals surface area contributed by atoms with E-state index in [4.69, 9.17) is 5.11 Å². The first-order valence-electron chi connectivity index (χ1n) is 6.63. The van der Waals surface area contributed by atoms with Crippen LogP contribution in [0.15, 0.2) is 6.33 Å². The fourth-order valence-corrected chi connectivity index (χ4v) is 2.32. The van der Waals surface area contributed by atoms with Gasteiger partial charge in [0.25, 0.3) is 0 Å². The van der Waals surface area contributed by atoms with Crippen LogP contribution in [-0.2, 0) is 18.3 Å². The molecule has 1 aliphatic heterocycles. The van der Waals surface area contributed by atoms with E-state index >= 15 is 0 Å². The first-order chi connectivity index (χ1) is 9.54. The van der Waals surface area contributed by atoms with Crippen molar-refractivity contribution in [2.45, 2.75) is 19.3 Å². The lowest BCUT2D eigenvalue weighted by atomic mass is 10.1. The average molecular weight is 281 g/mol. The van der Waals surface area contributed by atoms with Crippen molar-refractivity contribution in [1.82, 2.24) is 25.0 Å². The van der Waals surface area contributed by atoms with E-state index in [1.807, 2.05) is 0 Å². The monoisotopic (exact) mass is 281 g/mol. The highest BCUT2D eigenvalue weighted by atomic mass is 16.4. The summed E-state index contributed by atoms with van der Waals surface area (Å²) in [5.74, 6) is -0.0489. The van der Waals surface area contributed by atoms with Gasteiger partial charge >= 0.3 is 12.0 Å². The van der Waals surface area contributed by atoms with Gasteiger partial charge in [-0.05, 0) is 12.3 Å². The van der Waals surface area contributed by atoms with Crippen LogP contribution in [0, 0.1) is 5.92 Å². The number of nitrogens with one attached hydrogen (secondary N) is 1. The van der Waals surface area contributed by atoms with Crippen molar-refractivity contribution in [3.05, 3.63) is 12.2 Å². The maximum atomic E-state index is 11.9. The molecule has 1 aromatic rings. The van der Waals surface area contributed by atoms with Crippen LogP contribution in [0.4, 0.5) is 4.79 Å². The van der Waals surface area contributed by atoms with E-state index < -0.39 is 5.97 Å². The molecule has 0 aliphatic carbocycles. The number of carbonyl (C=O) groups is 2. The zero-order chi connectivity index (χ0) is 14.5. The number of hydrogen-bond acceptors (Lipinski definition) is 4. The summed E-state index contributed by atoms with van der Waals surface area (Å²) in [5.41, 5.74) is 0. The Hall–Kier alpha value is -2.12. The minimum Gasteiger partial charge on any atom is -0.481 e. The molecule has 0 bridgehead atoms. The SMILES string of the molecule is Cn1cnc(CCNC(=O)N2CCC(CC(=O)O)C2)n1. The third-order valence-electron chi connectivity index (χ3n) is 3.31. The van der Waals surface area contributed by atoms with Crippen molar-refractivity contribution in [1.29, 1.82) is 0 Å². The Balaban J connectivity index is 1.69. The maximum absolute atomic E-state index is 11.9. The van der Waals surface area contributed by atoms with Gasteiger partial charge in [-0.15, -0.1) is 0 Å². The lowest BCUT2D eigenvalue weighted by molar-refractivity contribution is -0.138. The summed E-state index contributed by atoms with van der Waals surface area (Å²) in [6, 6.07) is -0.145. The van der Waals surface area contributed by atoms with E-state index in [0.29, 0.717) is 31.9 Å². The molecule has 8 nitrogen and oxygen atoms in total. The first-order valence-corrected chi connectivity index (χ1v) is 6.63. The predicted molar refractivity (Wildman–Crippen MR) is 70.0 cm³/mol. The second-order valence-corrected chi connectivity index (χ2v) is 5.01. The third-order valence-corrected chi connectivity index (χ3v) is 3.31. The van der Waals surface area contributed by atoms with Crippen molar-refractivity contribution in [3.8, 4) is 0 Å². The Morgan fingerprint density at radius 2 is 2.35 bits per heavy atom. The summed E-state index contributed by atoms with van der Waals surface area (Å²) in [7, 11) is 1.79. The van der Waals surface area contributed by atoms with E-state index in [-0.39, 0.29) is 18.4 Å². The number of amides is 2. The molecular formula is C12H19N5O3. The molecule has 2 heterocycles. The molecule has 20 heavy (non-hydrogen) atoms. The van der Waals surface area contributed by atoms with Gasteiger partial charge in [-0.25, -0.2) is 9.78 Å². The molecule has 2 amide bonds. The quantitative estimate of drug-likeness (QED) is 0.782. The smallest absolute Gasteiger partial charge is 0.317 e. The second-order valence-electron chi connectivity index (χ2n) is 5.01.